The predicted octanol–water partition coefficient (Wildman–Crippen LogP) is 2.59. The minimum Gasteiger partial charge on any atom is -0.392 e. The number of carbonyl (C=O) groups is 1. The molecule has 0 heterocycles. The van der Waals surface area contributed by atoms with Crippen molar-refractivity contribution in [3.8, 4) is 0 Å². The molecule has 0 aliphatic carbocycles. The Morgan fingerprint density at radius 2 is 2.24 bits per heavy atom. The van der Waals surface area contributed by atoms with Crippen LogP contribution >= 0.6 is 28.1 Å². The van der Waals surface area contributed by atoms with Crippen molar-refractivity contribution >= 4 is 39.0 Å². The number of nitrogens with zero attached hydrogens (tertiary/aromatic N) is 1. The summed E-state index contributed by atoms with van der Waals surface area (Å²) in [4.78, 5) is 14.2. The Balaban J connectivity index is 2.87. The Kier molecular flexibility index (Phi) is 5.58. The third-order valence-electron chi connectivity index (χ3n) is 2.20. The number of benzene rings is 1. The number of amides is 1. The van der Waals surface area contributed by atoms with Gasteiger partial charge in [0.15, 0.2) is 0 Å². The van der Waals surface area contributed by atoms with Crippen molar-refractivity contribution in [2.45, 2.75) is 13.3 Å². The lowest BCUT2D eigenvalue weighted by molar-refractivity contribution is 0.0780. The summed E-state index contributed by atoms with van der Waals surface area (Å²) in [6.45, 7) is 3.00. The zero-order valence-corrected chi connectivity index (χ0v) is 12.1. The molecular formula is C12H15BrN2OS. The van der Waals surface area contributed by atoms with Crippen molar-refractivity contribution in [3.05, 3.63) is 34.3 Å². The summed E-state index contributed by atoms with van der Waals surface area (Å²) >= 11 is 8.20. The second-order valence-electron chi connectivity index (χ2n) is 3.70. The van der Waals surface area contributed by atoms with Crippen molar-refractivity contribution in [2.24, 2.45) is 5.73 Å². The summed E-state index contributed by atoms with van der Waals surface area (Å²) in [5, 5.41) is 0. The SMILES string of the molecule is CCCN(CC(N)=S)C(=O)c1cccc(Br)c1. The highest BCUT2D eigenvalue weighted by molar-refractivity contribution is 9.10. The van der Waals surface area contributed by atoms with Gasteiger partial charge in [0.1, 0.15) is 0 Å². The molecule has 0 atom stereocenters. The molecule has 2 N–H and O–H groups in total. The lowest BCUT2D eigenvalue weighted by Crippen LogP contribution is -2.38. The smallest absolute Gasteiger partial charge is 0.254 e. The number of hydrogen-bond donors (Lipinski definition) is 1. The van der Waals surface area contributed by atoms with Crippen LogP contribution in [0.15, 0.2) is 28.7 Å². The second kappa shape index (κ2) is 6.71. The van der Waals surface area contributed by atoms with E-state index in [1.807, 2.05) is 19.1 Å². The van der Waals surface area contributed by atoms with E-state index in [1.54, 1.807) is 17.0 Å². The molecule has 0 bridgehead atoms. The number of rotatable bonds is 5. The largest absolute Gasteiger partial charge is 0.392 e. The predicted molar refractivity (Wildman–Crippen MR) is 77.1 cm³/mol. The highest BCUT2D eigenvalue weighted by Gasteiger charge is 2.15. The first-order chi connectivity index (χ1) is 8.04. The molecule has 1 rings (SSSR count). The van der Waals surface area contributed by atoms with Gasteiger partial charge in [-0.1, -0.05) is 41.1 Å². The van der Waals surface area contributed by atoms with Crippen molar-refractivity contribution in [1.29, 1.82) is 0 Å². The molecule has 3 nitrogen and oxygen atoms in total. The van der Waals surface area contributed by atoms with Gasteiger partial charge >= 0.3 is 0 Å². The minimum absolute atomic E-state index is 0.0408. The van der Waals surface area contributed by atoms with E-state index in [4.69, 9.17) is 18.0 Å². The third kappa shape index (κ3) is 4.44. The molecule has 0 aromatic heterocycles. The maximum absolute atomic E-state index is 12.2. The van der Waals surface area contributed by atoms with E-state index in [1.165, 1.54) is 0 Å². The number of carbonyl (C=O) groups excluding carboxylic acids is 1. The van der Waals surface area contributed by atoms with Crippen LogP contribution in [0.1, 0.15) is 23.7 Å². The van der Waals surface area contributed by atoms with Crippen LogP contribution in [0.4, 0.5) is 0 Å². The zero-order valence-electron chi connectivity index (χ0n) is 9.65. The summed E-state index contributed by atoms with van der Waals surface area (Å²) in [6, 6.07) is 7.30. The molecule has 17 heavy (non-hydrogen) atoms. The highest BCUT2D eigenvalue weighted by Crippen LogP contribution is 2.13. The normalized spacial score (nSPS) is 10.0. The van der Waals surface area contributed by atoms with Crippen LogP contribution < -0.4 is 5.73 Å². The number of thiocarbonyl (C=S) groups is 1. The van der Waals surface area contributed by atoms with E-state index < -0.39 is 0 Å². The van der Waals surface area contributed by atoms with Gasteiger partial charge in [0, 0.05) is 16.6 Å². The first-order valence-corrected chi connectivity index (χ1v) is 6.58. The molecule has 0 aliphatic rings. The van der Waals surface area contributed by atoms with Crippen LogP contribution in [0.5, 0.6) is 0 Å². The van der Waals surface area contributed by atoms with Crippen LogP contribution in [0.2, 0.25) is 0 Å². The van der Waals surface area contributed by atoms with Gasteiger partial charge in [0.2, 0.25) is 0 Å². The molecule has 0 aliphatic heterocycles. The Labute approximate surface area is 115 Å². The van der Waals surface area contributed by atoms with E-state index >= 15 is 0 Å². The Bertz CT molecular complexity index is 423. The molecule has 0 spiro atoms. The Morgan fingerprint density at radius 1 is 1.53 bits per heavy atom. The lowest BCUT2D eigenvalue weighted by atomic mass is 10.2. The highest BCUT2D eigenvalue weighted by atomic mass is 79.9. The summed E-state index contributed by atoms with van der Waals surface area (Å²) < 4.78 is 0.884. The fraction of sp³-hybridized carbons (Fsp3) is 0.333. The van der Waals surface area contributed by atoms with Gasteiger partial charge in [0.05, 0.1) is 11.5 Å². The standard InChI is InChI=1S/C12H15BrN2OS/c1-2-6-15(8-11(14)17)12(16)9-4-3-5-10(13)7-9/h3-5,7H,2,6,8H2,1H3,(H2,14,17). The molecule has 0 radical (unpaired) electrons. The van der Waals surface area contributed by atoms with Crippen LogP contribution in [-0.4, -0.2) is 28.9 Å². The van der Waals surface area contributed by atoms with E-state index in [0.29, 0.717) is 23.6 Å². The van der Waals surface area contributed by atoms with Crippen LogP contribution in [-0.2, 0) is 0 Å². The fourth-order valence-corrected chi connectivity index (χ4v) is 2.07. The molecule has 1 amide bonds. The number of halogens is 1. The maximum Gasteiger partial charge on any atom is 0.254 e. The third-order valence-corrected chi connectivity index (χ3v) is 2.82. The maximum atomic E-state index is 12.2. The molecule has 1 aromatic carbocycles. The van der Waals surface area contributed by atoms with E-state index in [-0.39, 0.29) is 5.91 Å². The molecule has 0 fully saturated rings. The first-order valence-electron chi connectivity index (χ1n) is 5.37. The quantitative estimate of drug-likeness (QED) is 0.850. The molecule has 92 valence electrons. The molecule has 0 saturated heterocycles. The number of nitrogens with two attached hydrogens (primary N) is 1. The Hall–Kier alpha value is -0.940. The Morgan fingerprint density at radius 3 is 2.76 bits per heavy atom. The van der Waals surface area contributed by atoms with Gasteiger partial charge in [-0.3, -0.25) is 4.79 Å². The summed E-state index contributed by atoms with van der Waals surface area (Å²) in [5.41, 5.74) is 6.14. The van der Waals surface area contributed by atoms with E-state index in [0.717, 1.165) is 10.9 Å². The van der Waals surface area contributed by atoms with Crippen LogP contribution in [0.25, 0.3) is 0 Å². The average Bonchev–Trinajstić information content (AvgIpc) is 2.27. The van der Waals surface area contributed by atoms with Crippen molar-refractivity contribution in [3.63, 3.8) is 0 Å². The van der Waals surface area contributed by atoms with E-state index in [2.05, 4.69) is 15.9 Å². The molecule has 0 unspecified atom stereocenters. The summed E-state index contributed by atoms with van der Waals surface area (Å²) in [6.07, 6.45) is 0.877. The van der Waals surface area contributed by atoms with Crippen molar-refractivity contribution in [1.82, 2.24) is 4.90 Å². The molecule has 0 saturated carbocycles. The van der Waals surface area contributed by atoms with Gasteiger partial charge in [-0.05, 0) is 24.6 Å². The van der Waals surface area contributed by atoms with Gasteiger partial charge < -0.3 is 10.6 Å². The topological polar surface area (TPSA) is 46.3 Å². The average molecular weight is 315 g/mol. The minimum atomic E-state index is -0.0408. The van der Waals surface area contributed by atoms with Crippen LogP contribution in [0, 0.1) is 0 Å². The summed E-state index contributed by atoms with van der Waals surface area (Å²) in [7, 11) is 0. The molecule has 1 aromatic rings. The van der Waals surface area contributed by atoms with Crippen molar-refractivity contribution < 1.29 is 4.79 Å². The number of hydrogen-bond acceptors (Lipinski definition) is 2. The first kappa shape index (κ1) is 14.1. The summed E-state index contributed by atoms with van der Waals surface area (Å²) in [5.74, 6) is -0.0408. The second-order valence-corrected chi connectivity index (χ2v) is 5.14. The van der Waals surface area contributed by atoms with E-state index in [9.17, 15) is 4.79 Å². The zero-order chi connectivity index (χ0) is 12.8. The lowest BCUT2D eigenvalue weighted by Gasteiger charge is -2.21. The fourth-order valence-electron chi connectivity index (χ4n) is 1.51. The molecule has 5 heteroatoms. The van der Waals surface area contributed by atoms with Crippen molar-refractivity contribution in [2.75, 3.05) is 13.1 Å². The molecular weight excluding hydrogens is 300 g/mol. The van der Waals surface area contributed by atoms with Gasteiger partial charge in [-0.15, -0.1) is 0 Å². The van der Waals surface area contributed by atoms with Gasteiger partial charge in [-0.25, -0.2) is 0 Å². The van der Waals surface area contributed by atoms with Gasteiger partial charge in [0.25, 0.3) is 5.91 Å². The van der Waals surface area contributed by atoms with Gasteiger partial charge in [-0.2, -0.15) is 0 Å². The van der Waals surface area contributed by atoms with Crippen LogP contribution in [0.3, 0.4) is 0 Å². The monoisotopic (exact) mass is 314 g/mol.